The molecule has 0 aromatic heterocycles. The molecule has 1 aliphatic heterocycles. The van der Waals surface area contributed by atoms with Crippen molar-refractivity contribution < 1.29 is 13.9 Å². The maximum Gasteiger partial charge on any atom is 0.241 e. The van der Waals surface area contributed by atoms with E-state index in [0.717, 1.165) is 25.9 Å². The quantitative estimate of drug-likeness (QED) is 0.817. The Morgan fingerprint density at radius 1 is 1.43 bits per heavy atom. The SMILES string of the molecule is CC(C)Oc1cc(NCC(=O)N2CCCC2)c(N)cc1F. The minimum absolute atomic E-state index is 0.0301. The van der Waals surface area contributed by atoms with E-state index in [1.807, 2.05) is 18.7 Å². The third-order valence-electron chi connectivity index (χ3n) is 3.36. The Balaban J connectivity index is 2.03. The molecule has 1 aromatic carbocycles. The first kappa shape index (κ1) is 15.4. The van der Waals surface area contributed by atoms with Gasteiger partial charge in [-0.1, -0.05) is 0 Å². The lowest BCUT2D eigenvalue weighted by atomic mass is 10.2. The second-order valence-corrected chi connectivity index (χ2v) is 5.48. The van der Waals surface area contributed by atoms with Gasteiger partial charge in [0.2, 0.25) is 5.91 Å². The summed E-state index contributed by atoms with van der Waals surface area (Å²) in [5.41, 5.74) is 6.55. The van der Waals surface area contributed by atoms with Gasteiger partial charge in [0.05, 0.1) is 24.0 Å². The Kier molecular flexibility index (Phi) is 4.88. The van der Waals surface area contributed by atoms with Crippen LogP contribution in [0.5, 0.6) is 5.75 Å². The number of halogens is 1. The van der Waals surface area contributed by atoms with Gasteiger partial charge < -0.3 is 20.7 Å². The Labute approximate surface area is 124 Å². The van der Waals surface area contributed by atoms with Crippen LogP contribution in [0, 0.1) is 5.82 Å². The third kappa shape index (κ3) is 4.00. The highest BCUT2D eigenvalue weighted by Gasteiger charge is 2.18. The van der Waals surface area contributed by atoms with Crippen molar-refractivity contribution in [3.8, 4) is 5.75 Å². The van der Waals surface area contributed by atoms with Crippen LogP contribution in [-0.2, 0) is 4.79 Å². The number of carbonyl (C=O) groups is 1. The minimum atomic E-state index is -0.502. The third-order valence-corrected chi connectivity index (χ3v) is 3.36. The molecule has 5 nitrogen and oxygen atoms in total. The molecule has 1 aromatic rings. The van der Waals surface area contributed by atoms with Gasteiger partial charge in [0.1, 0.15) is 0 Å². The molecule has 1 aliphatic rings. The van der Waals surface area contributed by atoms with Crippen LogP contribution in [0.3, 0.4) is 0 Å². The number of nitrogens with zero attached hydrogens (tertiary/aromatic N) is 1. The normalized spacial score (nSPS) is 14.6. The smallest absolute Gasteiger partial charge is 0.241 e. The highest BCUT2D eigenvalue weighted by atomic mass is 19.1. The molecule has 0 radical (unpaired) electrons. The molecule has 1 fully saturated rings. The number of hydrogen-bond acceptors (Lipinski definition) is 4. The van der Waals surface area contributed by atoms with Gasteiger partial charge >= 0.3 is 0 Å². The van der Waals surface area contributed by atoms with E-state index in [2.05, 4.69) is 5.32 Å². The number of benzene rings is 1. The van der Waals surface area contributed by atoms with Crippen LogP contribution in [0.1, 0.15) is 26.7 Å². The van der Waals surface area contributed by atoms with E-state index in [4.69, 9.17) is 10.5 Å². The van der Waals surface area contributed by atoms with Crippen molar-refractivity contribution in [2.45, 2.75) is 32.8 Å². The number of ether oxygens (including phenoxy) is 1. The van der Waals surface area contributed by atoms with Crippen LogP contribution < -0.4 is 15.8 Å². The average Bonchev–Trinajstić information content (AvgIpc) is 2.93. The van der Waals surface area contributed by atoms with Gasteiger partial charge in [-0.15, -0.1) is 0 Å². The second-order valence-electron chi connectivity index (χ2n) is 5.48. The van der Waals surface area contributed by atoms with Crippen molar-refractivity contribution in [3.05, 3.63) is 17.9 Å². The van der Waals surface area contributed by atoms with Gasteiger partial charge in [-0.05, 0) is 26.7 Å². The average molecular weight is 295 g/mol. The molecule has 21 heavy (non-hydrogen) atoms. The van der Waals surface area contributed by atoms with Crippen molar-refractivity contribution in [2.75, 3.05) is 30.7 Å². The largest absolute Gasteiger partial charge is 0.488 e. The zero-order chi connectivity index (χ0) is 15.4. The summed E-state index contributed by atoms with van der Waals surface area (Å²) in [5.74, 6) is -0.338. The summed E-state index contributed by atoms with van der Waals surface area (Å²) in [4.78, 5) is 13.8. The Hall–Kier alpha value is -1.98. The number of hydrogen-bond donors (Lipinski definition) is 2. The molecule has 0 saturated carbocycles. The number of rotatable bonds is 5. The lowest BCUT2D eigenvalue weighted by Crippen LogP contribution is -2.33. The molecule has 1 saturated heterocycles. The number of likely N-dealkylation sites (tertiary alicyclic amines) is 1. The van der Waals surface area contributed by atoms with Gasteiger partial charge in [0.15, 0.2) is 11.6 Å². The Morgan fingerprint density at radius 3 is 2.71 bits per heavy atom. The van der Waals surface area contributed by atoms with Crippen molar-refractivity contribution in [1.29, 1.82) is 0 Å². The molecular weight excluding hydrogens is 273 g/mol. The first-order valence-corrected chi connectivity index (χ1v) is 7.24. The fourth-order valence-corrected chi connectivity index (χ4v) is 2.32. The van der Waals surface area contributed by atoms with E-state index in [9.17, 15) is 9.18 Å². The molecule has 116 valence electrons. The molecule has 0 unspecified atom stereocenters. The molecule has 1 amide bonds. The van der Waals surface area contributed by atoms with Gasteiger partial charge in [0.25, 0.3) is 0 Å². The van der Waals surface area contributed by atoms with E-state index in [1.54, 1.807) is 0 Å². The fraction of sp³-hybridized carbons (Fsp3) is 0.533. The van der Waals surface area contributed by atoms with Crippen LogP contribution in [0.25, 0.3) is 0 Å². The van der Waals surface area contributed by atoms with E-state index in [-0.39, 0.29) is 30.0 Å². The molecule has 1 heterocycles. The van der Waals surface area contributed by atoms with Gasteiger partial charge in [-0.2, -0.15) is 0 Å². The number of nitrogen functional groups attached to an aromatic ring is 1. The topological polar surface area (TPSA) is 67.6 Å². The molecular formula is C15H22FN3O2. The summed E-state index contributed by atoms with van der Waals surface area (Å²) in [5, 5.41) is 2.97. The molecule has 0 atom stereocenters. The summed E-state index contributed by atoms with van der Waals surface area (Å²) in [6.07, 6.45) is 1.97. The van der Waals surface area contributed by atoms with Crippen LogP contribution >= 0.6 is 0 Å². The summed E-state index contributed by atoms with van der Waals surface area (Å²) in [7, 11) is 0. The van der Waals surface area contributed by atoms with E-state index >= 15 is 0 Å². The molecule has 2 rings (SSSR count). The Morgan fingerprint density at radius 2 is 2.10 bits per heavy atom. The summed E-state index contributed by atoms with van der Waals surface area (Å²) >= 11 is 0. The maximum atomic E-state index is 13.7. The molecule has 0 spiro atoms. The zero-order valence-corrected chi connectivity index (χ0v) is 12.5. The predicted molar refractivity (Wildman–Crippen MR) is 80.9 cm³/mol. The van der Waals surface area contributed by atoms with Gasteiger partial charge in [-0.3, -0.25) is 4.79 Å². The molecule has 3 N–H and O–H groups in total. The van der Waals surface area contributed by atoms with Crippen molar-refractivity contribution in [1.82, 2.24) is 4.90 Å². The minimum Gasteiger partial charge on any atom is -0.488 e. The maximum absolute atomic E-state index is 13.7. The van der Waals surface area contributed by atoms with Gasteiger partial charge in [0, 0.05) is 25.2 Å². The van der Waals surface area contributed by atoms with Crippen LogP contribution in [0.2, 0.25) is 0 Å². The fourth-order valence-electron chi connectivity index (χ4n) is 2.32. The number of amides is 1. The van der Waals surface area contributed by atoms with E-state index in [0.29, 0.717) is 5.69 Å². The van der Waals surface area contributed by atoms with Crippen molar-refractivity contribution in [2.24, 2.45) is 0 Å². The summed E-state index contributed by atoms with van der Waals surface area (Å²) in [6.45, 7) is 5.40. The second kappa shape index (κ2) is 6.65. The number of nitrogens with two attached hydrogens (primary N) is 1. The van der Waals surface area contributed by atoms with E-state index in [1.165, 1.54) is 12.1 Å². The Bertz CT molecular complexity index is 514. The van der Waals surface area contributed by atoms with Crippen molar-refractivity contribution in [3.63, 3.8) is 0 Å². The summed E-state index contributed by atoms with van der Waals surface area (Å²) in [6, 6.07) is 2.71. The summed E-state index contributed by atoms with van der Waals surface area (Å²) < 4.78 is 19.1. The van der Waals surface area contributed by atoms with Gasteiger partial charge in [-0.25, -0.2) is 4.39 Å². The standard InChI is InChI=1S/C15H22FN3O2/c1-10(2)21-14-8-13(12(17)7-11(14)16)18-9-15(20)19-5-3-4-6-19/h7-8,10,18H,3-6,9,17H2,1-2H3. The number of carbonyl (C=O) groups excluding carboxylic acids is 1. The lowest BCUT2D eigenvalue weighted by molar-refractivity contribution is -0.128. The predicted octanol–water partition coefficient (Wildman–Crippen LogP) is 2.23. The van der Waals surface area contributed by atoms with Crippen molar-refractivity contribution >= 4 is 17.3 Å². The first-order valence-electron chi connectivity index (χ1n) is 7.24. The highest BCUT2D eigenvalue weighted by molar-refractivity contribution is 5.82. The van der Waals surface area contributed by atoms with Crippen LogP contribution in [0.4, 0.5) is 15.8 Å². The molecule has 0 bridgehead atoms. The zero-order valence-electron chi connectivity index (χ0n) is 12.5. The molecule has 6 heteroatoms. The van der Waals surface area contributed by atoms with Crippen LogP contribution in [0.15, 0.2) is 12.1 Å². The van der Waals surface area contributed by atoms with Crippen LogP contribution in [-0.4, -0.2) is 36.5 Å². The molecule has 0 aliphatic carbocycles. The van der Waals surface area contributed by atoms with E-state index < -0.39 is 5.82 Å². The first-order chi connectivity index (χ1) is 9.97. The lowest BCUT2D eigenvalue weighted by Gasteiger charge is -2.18. The number of nitrogens with one attached hydrogen (secondary N) is 1. The number of anilines is 2. The monoisotopic (exact) mass is 295 g/mol. The highest BCUT2D eigenvalue weighted by Crippen LogP contribution is 2.28.